The number of alkyl halides is 1. The molecule has 0 amide bonds. The van der Waals surface area contributed by atoms with Crippen molar-refractivity contribution in [2.45, 2.75) is 19.8 Å². The van der Waals surface area contributed by atoms with Crippen LogP contribution in [-0.2, 0) is 4.74 Å². The van der Waals surface area contributed by atoms with E-state index < -0.39 is 0 Å². The fourth-order valence-corrected chi connectivity index (χ4v) is 0.954. The largest absolute Gasteiger partial charge is 0.381 e. The Kier molecular flexibility index (Phi) is 7.42. The van der Waals surface area contributed by atoms with Crippen molar-refractivity contribution < 1.29 is 4.74 Å². The third kappa shape index (κ3) is 6.30. The third-order valence-electron chi connectivity index (χ3n) is 1.30. The van der Waals surface area contributed by atoms with Gasteiger partial charge in [-0.3, -0.25) is 0 Å². The van der Waals surface area contributed by atoms with Gasteiger partial charge in [-0.2, -0.15) is 0 Å². The van der Waals surface area contributed by atoms with E-state index in [1.54, 1.807) is 7.11 Å². The van der Waals surface area contributed by atoms with Crippen LogP contribution in [-0.4, -0.2) is 19.0 Å². The Morgan fingerprint density at radius 1 is 1.60 bits per heavy atom. The Labute approximate surface area is 71.6 Å². The maximum atomic E-state index is 4.90. The van der Waals surface area contributed by atoms with E-state index in [9.17, 15) is 0 Å². The monoisotopic (exact) mass is 206 g/mol. The maximum absolute atomic E-state index is 4.90. The van der Waals surface area contributed by atoms with Crippen molar-refractivity contribution in [3.05, 3.63) is 11.6 Å². The molecule has 0 N–H and O–H groups in total. The molecule has 0 spiro atoms. The SMILES string of the molecule is COCC=C(C)CCCBr. The summed E-state index contributed by atoms with van der Waals surface area (Å²) in [6, 6.07) is 0. The molecule has 0 aromatic rings. The number of methoxy groups -OCH3 is 1. The van der Waals surface area contributed by atoms with Gasteiger partial charge in [0.05, 0.1) is 6.61 Å². The molecule has 0 aliphatic carbocycles. The van der Waals surface area contributed by atoms with E-state index in [4.69, 9.17) is 4.74 Å². The van der Waals surface area contributed by atoms with Crippen LogP contribution in [0, 0.1) is 0 Å². The molecule has 0 unspecified atom stereocenters. The van der Waals surface area contributed by atoms with Crippen LogP contribution in [0.3, 0.4) is 0 Å². The molecule has 0 bridgehead atoms. The Morgan fingerprint density at radius 2 is 2.30 bits per heavy atom. The summed E-state index contributed by atoms with van der Waals surface area (Å²) in [6.07, 6.45) is 4.52. The maximum Gasteiger partial charge on any atom is 0.0646 e. The number of ether oxygens (including phenoxy) is 1. The van der Waals surface area contributed by atoms with E-state index in [2.05, 4.69) is 28.9 Å². The quantitative estimate of drug-likeness (QED) is 0.497. The molecular formula is C8H15BrO. The normalized spacial score (nSPS) is 12.1. The van der Waals surface area contributed by atoms with Gasteiger partial charge in [0.25, 0.3) is 0 Å². The number of hydrogen-bond acceptors (Lipinski definition) is 1. The van der Waals surface area contributed by atoms with E-state index >= 15 is 0 Å². The lowest BCUT2D eigenvalue weighted by atomic mass is 10.2. The molecule has 0 aromatic heterocycles. The van der Waals surface area contributed by atoms with Gasteiger partial charge < -0.3 is 4.74 Å². The summed E-state index contributed by atoms with van der Waals surface area (Å²) in [7, 11) is 1.72. The predicted octanol–water partition coefficient (Wildman–Crippen LogP) is 2.75. The van der Waals surface area contributed by atoms with Crippen molar-refractivity contribution in [2.24, 2.45) is 0 Å². The molecule has 0 aromatic carbocycles. The van der Waals surface area contributed by atoms with Crippen molar-refractivity contribution in [3.8, 4) is 0 Å². The molecule has 0 heterocycles. The smallest absolute Gasteiger partial charge is 0.0646 e. The zero-order valence-electron chi connectivity index (χ0n) is 6.69. The Morgan fingerprint density at radius 3 is 2.80 bits per heavy atom. The third-order valence-corrected chi connectivity index (χ3v) is 1.86. The number of rotatable bonds is 5. The van der Waals surface area contributed by atoms with Gasteiger partial charge >= 0.3 is 0 Å². The molecule has 0 saturated carbocycles. The molecule has 0 aliphatic heterocycles. The van der Waals surface area contributed by atoms with Crippen LogP contribution >= 0.6 is 15.9 Å². The molecule has 2 heteroatoms. The fourth-order valence-electron chi connectivity index (χ4n) is 0.673. The first-order valence-electron chi connectivity index (χ1n) is 3.51. The van der Waals surface area contributed by atoms with Gasteiger partial charge in [-0.25, -0.2) is 0 Å². The topological polar surface area (TPSA) is 9.23 Å². The minimum Gasteiger partial charge on any atom is -0.381 e. The highest BCUT2D eigenvalue weighted by molar-refractivity contribution is 9.09. The van der Waals surface area contributed by atoms with Crippen molar-refractivity contribution in [1.82, 2.24) is 0 Å². The van der Waals surface area contributed by atoms with E-state index in [1.807, 2.05) is 0 Å². The summed E-state index contributed by atoms with van der Waals surface area (Å²) in [6.45, 7) is 2.88. The van der Waals surface area contributed by atoms with Gasteiger partial charge in [0, 0.05) is 12.4 Å². The summed E-state index contributed by atoms with van der Waals surface area (Å²) in [4.78, 5) is 0. The zero-order valence-corrected chi connectivity index (χ0v) is 8.28. The first-order valence-corrected chi connectivity index (χ1v) is 4.64. The lowest BCUT2D eigenvalue weighted by Crippen LogP contribution is -1.85. The molecular weight excluding hydrogens is 192 g/mol. The van der Waals surface area contributed by atoms with Crippen molar-refractivity contribution in [1.29, 1.82) is 0 Å². The second-order valence-electron chi connectivity index (χ2n) is 2.30. The van der Waals surface area contributed by atoms with Crippen molar-refractivity contribution in [2.75, 3.05) is 19.0 Å². The van der Waals surface area contributed by atoms with Crippen LogP contribution in [0.2, 0.25) is 0 Å². The predicted molar refractivity (Wildman–Crippen MR) is 48.7 cm³/mol. The molecule has 1 nitrogen and oxygen atoms in total. The van der Waals surface area contributed by atoms with Gasteiger partial charge in [-0.15, -0.1) is 0 Å². The summed E-state index contributed by atoms with van der Waals surface area (Å²) >= 11 is 3.39. The number of allylic oxidation sites excluding steroid dienone is 1. The van der Waals surface area contributed by atoms with Crippen LogP contribution in [0.25, 0.3) is 0 Å². The Balaban J connectivity index is 3.30. The van der Waals surface area contributed by atoms with Gasteiger partial charge in [-0.1, -0.05) is 27.6 Å². The van der Waals surface area contributed by atoms with Crippen LogP contribution < -0.4 is 0 Å². The van der Waals surface area contributed by atoms with E-state index in [0.29, 0.717) is 0 Å². The first-order chi connectivity index (χ1) is 4.81. The summed E-state index contributed by atoms with van der Waals surface area (Å²) < 4.78 is 4.90. The molecule has 0 atom stereocenters. The second kappa shape index (κ2) is 7.29. The minimum absolute atomic E-state index is 0.744. The molecule has 0 fully saturated rings. The summed E-state index contributed by atoms with van der Waals surface area (Å²) in [5.41, 5.74) is 1.42. The standard InChI is InChI=1S/C8H15BrO/c1-8(4-3-6-9)5-7-10-2/h5H,3-4,6-7H2,1-2H3. The second-order valence-corrected chi connectivity index (χ2v) is 3.09. The molecule has 0 aliphatic rings. The van der Waals surface area contributed by atoms with Crippen molar-refractivity contribution in [3.63, 3.8) is 0 Å². The first kappa shape index (κ1) is 10.2. The van der Waals surface area contributed by atoms with E-state index in [1.165, 1.54) is 18.4 Å². The number of halogens is 1. The lowest BCUT2D eigenvalue weighted by molar-refractivity contribution is 0.233. The summed E-state index contributed by atoms with van der Waals surface area (Å²) in [5.74, 6) is 0. The zero-order chi connectivity index (χ0) is 7.82. The van der Waals surface area contributed by atoms with Crippen LogP contribution in [0.4, 0.5) is 0 Å². The average molecular weight is 207 g/mol. The highest BCUT2D eigenvalue weighted by Crippen LogP contribution is 2.04. The highest BCUT2D eigenvalue weighted by atomic mass is 79.9. The van der Waals surface area contributed by atoms with Crippen LogP contribution in [0.5, 0.6) is 0 Å². The van der Waals surface area contributed by atoms with Crippen molar-refractivity contribution >= 4 is 15.9 Å². The van der Waals surface area contributed by atoms with Crippen LogP contribution in [0.1, 0.15) is 19.8 Å². The average Bonchev–Trinajstić information content (AvgIpc) is 1.97. The highest BCUT2D eigenvalue weighted by Gasteiger charge is 1.87. The molecule has 0 saturated heterocycles. The van der Waals surface area contributed by atoms with Gasteiger partial charge in [0.1, 0.15) is 0 Å². The fraction of sp³-hybridized carbons (Fsp3) is 0.750. The van der Waals surface area contributed by atoms with Gasteiger partial charge in [-0.05, 0) is 19.8 Å². The van der Waals surface area contributed by atoms with Crippen LogP contribution in [0.15, 0.2) is 11.6 Å². The minimum atomic E-state index is 0.744. The molecule has 10 heavy (non-hydrogen) atoms. The van der Waals surface area contributed by atoms with Gasteiger partial charge in [0.15, 0.2) is 0 Å². The Hall–Kier alpha value is 0.180. The van der Waals surface area contributed by atoms with E-state index in [-0.39, 0.29) is 0 Å². The molecule has 60 valence electrons. The Bertz CT molecular complexity index is 99.4. The molecule has 0 rings (SSSR count). The molecule has 0 radical (unpaired) electrons. The van der Waals surface area contributed by atoms with Gasteiger partial charge in [0.2, 0.25) is 0 Å². The van der Waals surface area contributed by atoms with E-state index in [0.717, 1.165) is 11.9 Å². The summed E-state index contributed by atoms with van der Waals surface area (Å²) in [5, 5.41) is 1.09. The number of hydrogen-bond donors (Lipinski definition) is 0. The lowest BCUT2D eigenvalue weighted by Gasteiger charge is -1.97.